The van der Waals surface area contributed by atoms with E-state index in [0.29, 0.717) is 18.3 Å². The fraction of sp³-hybridized carbons (Fsp3) is 0.259. The second-order valence-electron chi connectivity index (χ2n) is 8.31. The maximum absolute atomic E-state index is 13.3. The van der Waals surface area contributed by atoms with Crippen molar-refractivity contribution in [3.05, 3.63) is 89.3 Å². The van der Waals surface area contributed by atoms with Crippen LogP contribution in [0.5, 0.6) is 0 Å². The molecule has 2 amide bonds. The molecule has 180 valence electrons. The fourth-order valence-electron chi connectivity index (χ4n) is 4.05. The molecule has 1 aromatic heterocycles. The van der Waals surface area contributed by atoms with Crippen LogP contribution >= 0.6 is 15.9 Å². The van der Waals surface area contributed by atoms with Gasteiger partial charge in [-0.05, 0) is 55.2 Å². The number of hydrogen-bond donors (Lipinski definition) is 0. The van der Waals surface area contributed by atoms with Gasteiger partial charge in [-0.25, -0.2) is 0 Å². The smallest absolute Gasteiger partial charge is 0.249 e. The van der Waals surface area contributed by atoms with Crippen molar-refractivity contribution in [1.82, 2.24) is 19.9 Å². The predicted octanol–water partition coefficient (Wildman–Crippen LogP) is 5.28. The van der Waals surface area contributed by atoms with Crippen molar-refractivity contribution < 1.29 is 14.1 Å². The van der Waals surface area contributed by atoms with Crippen LogP contribution in [0.1, 0.15) is 36.8 Å². The van der Waals surface area contributed by atoms with Crippen LogP contribution in [0, 0.1) is 0 Å². The highest BCUT2D eigenvalue weighted by Crippen LogP contribution is 2.31. The summed E-state index contributed by atoms with van der Waals surface area (Å²) in [6.07, 6.45) is 7.44. The Morgan fingerprint density at radius 1 is 1.14 bits per heavy atom. The number of likely N-dealkylation sites (tertiary alicyclic amines) is 1. The number of carbonyl (C=O) groups is 2. The lowest BCUT2D eigenvalue weighted by molar-refractivity contribution is -0.141. The van der Waals surface area contributed by atoms with Crippen LogP contribution in [-0.2, 0) is 9.59 Å². The van der Waals surface area contributed by atoms with Crippen LogP contribution in [0.25, 0.3) is 17.5 Å². The van der Waals surface area contributed by atoms with Gasteiger partial charge in [0, 0.05) is 29.2 Å². The number of piperidine rings is 1. The normalized spacial score (nSPS) is 15.8. The SMILES string of the molecule is C=CCN(CC(=O)N1CCCCC1c1nc(-c2ccc(Br)cc2)no1)C(=O)C=Cc1ccccc1. The summed E-state index contributed by atoms with van der Waals surface area (Å²) in [6, 6.07) is 16.9. The molecular formula is C27H27BrN4O3. The molecule has 1 atom stereocenters. The average molecular weight is 535 g/mol. The molecule has 1 unspecified atom stereocenters. The Balaban J connectivity index is 1.47. The van der Waals surface area contributed by atoms with Gasteiger partial charge >= 0.3 is 0 Å². The third kappa shape index (κ3) is 6.33. The first-order chi connectivity index (χ1) is 17.0. The Hall–Kier alpha value is -3.52. The van der Waals surface area contributed by atoms with Gasteiger partial charge in [-0.1, -0.05) is 57.5 Å². The van der Waals surface area contributed by atoms with Gasteiger partial charge in [0.15, 0.2) is 0 Å². The molecule has 0 N–H and O–H groups in total. The van der Waals surface area contributed by atoms with Gasteiger partial charge in [-0.15, -0.1) is 6.58 Å². The molecule has 2 aromatic carbocycles. The highest BCUT2D eigenvalue weighted by Gasteiger charge is 2.33. The summed E-state index contributed by atoms with van der Waals surface area (Å²) in [6.45, 7) is 4.55. The number of hydrogen-bond acceptors (Lipinski definition) is 5. The predicted molar refractivity (Wildman–Crippen MR) is 138 cm³/mol. The van der Waals surface area contributed by atoms with Crippen LogP contribution in [0.15, 0.2) is 82.3 Å². The first-order valence-corrected chi connectivity index (χ1v) is 12.4. The average Bonchev–Trinajstić information content (AvgIpc) is 3.38. The lowest BCUT2D eigenvalue weighted by atomic mass is 10.0. The van der Waals surface area contributed by atoms with Gasteiger partial charge in [-0.2, -0.15) is 4.98 Å². The summed E-state index contributed by atoms with van der Waals surface area (Å²) in [4.78, 5) is 34.0. The number of carbonyl (C=O) groups excluding carboxylic acids is 2. The van der Waals surface area contributed by atoms with Gasteiger partial charge in [0.25, 0.3) is 0 Å². The molecule has 3 aromatic rings. The zero-order chi connectivity index (χ0) is 24.6. The van der Waals surface area contributed by atoms with E-state index in [9.17, 15) is 9.59 Å². The quantitative estimate of drug-likeness (QED) is 0.290. The van der Waals surface area contributed by atoms with E-state index in [1.165, 1.54) is 11.0 Å². The van der Waals surface area contributed by atoms with Crippen molar-refractivity contribution in [3.8, 4) is 11.4 Å². The molecule has 0 spiro atoms. The molecule has 7 nitrogen and oxygen atoms in total. The Kier molecular flexibility index (Phi) is 8.26. The van der Waals surface area contributed by atoms with Crippen molar-refractivity contribution in [2.45, 2.75) is 25.3 Å². The second kappa shape index (κ2) is 11.8. The maximum atomic E-state index is 13.3. The van der Waals surface area contributed by atoms with E-state index >= 15 is 0 Å². The van der Waals surface area contributed by atoms with Crippen LogP contribution in [0.3, 0.4) is 0 Å². The van der Waals surface area contributed by atoms with Crippen molar-refractivity contribution in [3.63, 3.8) is 0 Å². The summed E-state index contributed by atoms with van der Waals surface area (Å²) >= 11 is 3.43. The van der Waals surface area contributed by atoms with Gasteiger partial charge in [0.05, 0.1) is 0 Å². The van der Waals surface area contributed by atoms with E-state index in [0.717, 1.165) is 34.9 Å². The zero-order valence-corrected chi connectivity index (χ0v) is 20.9. The molecule has 1 saturated heterocycles. The molecule has 1 aliphatic rings. The number of rotatable bonds is 8. The zero-order valence-electron chi connectivity index (χ0n) is 19.3. The van der Waals surface area contributed by atoms with Crippen LogP contribution in [-0.4, -0.2) is 51.4 Å². The molecule has 35 heavy (non-hydrogen) atoms. The van der Waals surface area contributed by atoms with Crippen molar-refractivity contribution in [2.24, 2.45) is 0 Å². The van der Waals surface area contributed by atoms with E-state index < -0.39 is 0 Å². The molecule has 4 rings (SSSR count). The summed E-state index contributed by atoms with van der Waals surface area (Å²) in [7, 11) is 0. The molecule has 2 heterocycles. The number of amides is 2. The number of halogens is 1. The summed E-state index contributed by atoms with van der Waals surface area (Å²) in [5, 5.41) is 4.13. The minimum Gasteiger partial charge on any atom is -0.337 e. The van der Waals surface area contributed by atoms with Gasteiger partial charge in [0.2, 0.25) is 23.5 Å². The van der Waals surface area contributed by atoms with Crippen LogP contribution in [0.4, 0.5) is 0 Å². The Morgan fingerprint density at radius 2 is 1.91 bits per heavy atom. The maximum Gasteiger partial charge on any atom is 0.249 e. The molecule has 0 bridgehead atoms. The lowest BCUT2D eigenvalue weighted by Gasteiger charge is -2.34. The largest absolute Gasteiger partial charge is 0.337 e. The topological polar surface area (TPSA) is 79.5 Å². The molecule has 0 aliphatic carbocycles. The molecular weight excluding hydrogens is 508 g/mol. The minimum atomic E-state index is -0.312. The minimum absolute atomic E-state index is 0.0474. The highest BCUT2D eigenvalue weighted by atomic mass is 79.9. The van der Waals surface area contributed by atoms with Gasteiger partial charge in [0.1, 0.15) is 12.6 Å². The molecule has 1 fully saturated rings. The standard InChI is InChI=1S/C27H27BrN4O3/c1-2-17-31(24(33)16-11-20-8-4-3-5-9-20)19-25(34)32-18-7-6-10-23(32)27-29-26(30-35-27)21-12-14-22(28)15-13-21/h2-5,8-9,11-16,23H,1,6-7,10,17-19H2. The van der Waals surface area contributed by atoms with E-state index in [1.54, 1.807) is 17.1 Å². The lowest BCUT2D eigenvalue weighted by Crippen LogP contribution is -2.45. The first-order valence-electron chi connectivity index (χ1n) is 11.6. The number of nitrogens with zero attached hydrogens (tertiary/aromatic N) is 4. The summed E-state index contributed by atoms with van der Waals surface area (Å²) < 4.78 is 6.55. The first kappa shape index (κ1) is 24.6. The van der Waals surface area contributed by atoms with E-state index in [4.69, 9.17) is 4.52 Å². The van der Waals surface area contributed by atoms with Gasteiger partial charge < -0.3 is 14.3 Å². The third-order valence-electron chi connectivity index (χ3n) is 5.86. The van der Waals surface area contributed by atoms with Crippen molar-refractivity contribution in [2.75, 3.05) is 19.6 Å². The molecule has 1 aliphatic heterocycles. The van der Waals surface area contributed by atoms with Gasteiger partial charge in [-0.3, -0.25) is 9.59 Å². The van der Waals surface area contributed by atoms with Crippen molar-refractivity contribution in [1.29, 1.82) is 0 Å². The number of aromatic nitrogens is 2. The molecule has 0 radical (unpaired) electrons. The molecule has 8 heteroatoms. The molecule has 0 saturated carbocycles. The highest BCUT2D eigenvalue weighted by molar-refractivity contribution is 9.10. The van der Waals surface area contributed by atoms with E-state index in [1.807, 2.05) is 54.6 Å². The Labute approximate surface area is 213 Å². The van der Waals surface area contributed by atoms with E-state index in [-0.39, 0.29) is 30.9 Å². The Bertz CT molecular complexity index is 1190. The second-order valence-corrected chi connectivity index (χ2v) is 9.23. The summed E-state index contributed by atoms with van der Waals surface area (Å²) in [5.41, 5.74) is 1.75. The van der Waals surface area contributed by atoms with Crippen LogP contribution in [0.2, 0.25) is 0 Å². The van der Waals surface area contributed by atoms with E-state index in [2.05, 4.69) is 32.6 Å². The summed E-state index contributed by atoms with van der Waals surface area (Å²) in [5.74, 6) is 0.508. The van der Waals surface area contributed by atoms with Crippen molar-refractivity contribution >= 4 is 33.8 Å². The third-order valence-corrected chi connectivity index (χ3v) is 6.39. The monoisotopic (exact) mass is 534 g/mol. The number of benzene rings is 2. The van der Waals surface area contributed by atoms with Crippen LogP contribution < -0.4 is 0 Å². The fourth-order valence-corrected chi connectivity index (χ4v) is 4.32. The Morgan fingerprint density at radius 3 is 2.66 bits per heavy atom.